The van der Waals surface area contributed by atoms with E-state index in [1.54, 1.807) is 0 Å². The van der Waals surface area contributed by atoms with E-state index in [2.05, 4.69) is 20.6 Å². The Labute approximate surface area is 163 Å². The Hall–Kier alpha value is -2.61. The normalized spacial score (nSPS) is 11.0. The number of benzene rings is 1. The van der Waals surface area contributed by atoms with Gasteiger partial charge in [0.15, 0.2) is 11.0 Å². The number of nitrogens with one attached hydrogen (secondary N) is 1. The van der Waals surface area contributed by atoms with E-state index in [0.29, 0.717) is 6.54 Å². The van der Waals surface area contributed by atoms with Gasteiger partial charge in [0.2, 0.25) is 5.91 Å². The zero-order valence-electron chi connectivity index (χ0n) is 16.1. The molecule has 0 aliphatic carbocycles. The van der Waals surface area contributed by atoms with Crippen LogP contribution in [0, 0.1) is 13.8 Å². The van der Waals surface area contributed by atoms with E-state index >= 15 is 0 Å². The Kier molecular flexibility index (Phi) is 5.95. The summed E-state index contributed by atoms with van der Waals surface area (Å²) in [4.78, 5) is 12.4. The number of carbonyl (C=O) groups is 1. The zero-order chi connectivity index (χ0) is 19.4. The van der Waals surface area contributed by atoms with Crippen LogP contribution >= 0.6 is 11.8 Å². The van der Waals surface area contributed by atoms with Crippen molar-refractivity contribution in [3.8, 4) is 11.5 Å². The maximum atomic E-state index is 12.4. The van der Waals surface area contributed by atoms with Crippen LogP contribution in [0.3, 0.4) is 0 Å². The summed E-state index contributed by atoms with van der Waals surface area (Å²) in [7, 11) is 0. The van der Waals surface area contributed by atoms with Gasteiger partial charge in [0.25, 0.3) is 0 Å². The van der Waals surface area contributed by atoms with E-state index in [1.807, 2.05) is 67.4 Å². The fourth-order valence-corrected chi connectivity index (χ4v) is 3.65. The predicted octanol–water partition coefficient (Wildman–Crippen LogP) is 3.53. The lowest BCUT2D eigenvalue weighted by Crippen LogP contribution is -2.16. The first kappa shape index (κ1) is 19.2. The average Bonchev–Trinajstić information content (AvgIpc) is 3.29. The van der Waals surface area contributed by atoms with E-state index < -0.39 is 0 Å². The van der Waals surface area contributed by atoms with Crippen molar-refractivity contribution < 1.29 is 4.79 Å². The molecule has 0 aliphatic heterocycles. The molecular formula is C19H24N6OS. The van der Waals surface area contributed by atoms with Crippen molar-refractivity contribution in [1.29, 1.82) is 0 Å². The third kappa shape index (κ3) is 4.21. The van der Waals surface area contributed by atoms with Crippen molar-refractivity contribution in [2.75, 3.05) is 11.1 Å². The van der Waals surface area contributed by atoms with E-state index in [9.17, 15) is 4.79 Å². The Morgan fingerprint density at radius 2 is 1.85 bits per heavy atom. The standard InChI is InChI=1S/C19H24N6OS/c1-5-24-11-10-15(23-24)18-21-22-19(25(18)6-2)27-12-16(26)20-17-13(3)8-7-9-14(17)4/h7-11H,5-6,12H2,1-4H3,(H,20,26). The minimum Gasteiger partial charge on any atom is -0.325 e. The number of rotatable bonds is 7. The maximum Gasteiger partial charge on any atom is 0.234 e. The number of thioether (sulfide) groups is 1. The van der Waals surface area contributed by atoms with Gasteiger partial charge in [-0.05, 0) is 44.9 Å². The fraction of sp³-hybridized carbons (Fsp3) is 0.368. The molecule has 1 aromatic carbocycles. The number of carbonyl (C=O) groups excluding carboxylic acids is 1. The second-order valence-electron chi connectivity index (χ2n) is 6.21. The number of aryl methyl sites for hydroxylation is 3. The molecule has 7 nitrogen and oxygen atoms in total. The van der Waals surface area contributed by atoms with Crippen LogP contribution in [-0.4, -0.2) is 36.2 Å². The van der Waals surface area contributed by atoms with Crippen LogP contribution in [0.1, 0.15) is 25.0 Å². The van der Waals surface area contributed by atoms with Gasteiger partial charge in [-0.3, -0.25) is 9.48 Å². The second-order valence-corrected chi connectivity index (χ2v) is 7.15. The van der Waals surface area contributed by atoms with Crippen molar-refractivity contribution in [1.82, 2.24) is 24.5 Å². The molecule has 1 N–H and O–H groups in total. The van der Waals surface area contributed by atoms with Crippen LogP contribution < -0.4 is 5.32 Å². The first-order valence-corrected chi connectivity index (χ1v) is 9.98. The molecule has 27 heavy (non-hydrogen) atoms. The van der Waals surface area contributed by atoms with Crippen LogP contribution in [0.2, 0.25) is 0 Å². The van der Waals surface area contributed by atoms with Gasteiger partial charge in [-0.1, -0.05) is 30.0 Å². The summed E-state index contributed by atoms with van der Waals surface area (Å²) < 4.78 is 3.84. The van der Waals surface area contributed by atoms with Gasteiger partial charge >= 0.3 is 0 Å². The molecule has 3 rings (SSSR count). The van der Waals surface area contributed by atoms with Crippen LogP contribution in [0.5, 0.6) is 0 Å². The third-order valence-corrected chi connectivity index (χ3v) is 5.27. The van der Waals surface area contributed by atoms with Gasteiger partial charge < -0.3 is 9.88 Å². The van der Waals surface area contributed by atoms with Gasteiger partial charge in [0.1, 0.15) is 5.69 Å². The molecule has 0 saturated heterocycles. The summed E-state index contributed by atoms with van der Waals surface area (Å²) >= 11 is 1.38. The Morgan fingerprint density at radius 1 is 1.11 bits per heavy atom. The Bertz CT molecular complexity index is 925. The molecule has 3 aromatic rings. The molecule has 0 fully saturated rings. The number of para-hydroxylation sites is 1. The molecular weight excluding hydrogens is 360 g/mol. The van der Waals surface area contributed by atoms with Crippen LogP contribution in [-0.2, 0) is 17.9 Å². The molecule has 0 atom stereocenters. The van der Waals surface area contributed by atoms with Crippen LogP contribution in [0.25, 0.3) is 11.5 Å². The SMILES string of the molecule is CCn1ccc(-c2nnc(SCC(=O)Nc3c(C)cccc3C)n2CC)n1. The van der Waals surface area contributed by atoms with Crippen molar-refractivity contribution in [2.45, 2.75) is 45.9 Å². The highest BCUT2D eigenvalue weighted by Crippen LogP contribution is 2.24. The van der Waals surface area contributed by atoms with E-state index in [4.69, 9.17) is 0 Å². The topological polar surface area (TPSA) is 77.6 Å². The lowest BCUT2D eigenvalue weighted by atomic mass is 10.1. The number of hydrogen-bond donors (Lipinski definition) is 1. The monoisotopic (exact) mass is 384 g/mol. The lowest BCUT2D eigenvalue weighted by Gasteiger charge is -2.11. The molecule has 0 saturated carbocycles. The minimum atomic E-state index is -0.0557. The maximum absolute atomic E-state index is 12.4. The van der Waals surface area contributed by atoms with Gasteiger partial charge in [-0.15, -0.1) is 10.2 Å². The minimum absolute atomic E-state index is 0.0557. The lowest BCUT2D eigenvalue weighted by molar-refractivity contribution is -0.113. The molecule has 0 bridgehead atoms. The van der Waals surface area contributed by atoms with Gasteiger partial charge in [0, 0.05) is 25.0 Å². The van der Waals surface area contributed by atoms with Gasteiger partial charge in [0.05, 0.1) is 5.75 Å². The Morgan fingerprint density at radius 3 is 2.48 bits per heavy atom. The summed E-state index contributed by atoms with van der Waals surface area (Å²) in [5, 5.41) is 16.8. The molecule has 142 valence electrons. The van der Waals surface area contributed by atoms with E-state index in [0.717, 1.165) is 40.0 Å². The van der Waals surface area contributed by atoms with Crippen molar-refractivity contribution in [3.05, 3.63) is 41.6 Å². The number of amides is 1. The summed E-state index contributed by atoms with van der Waals surface area (Å²) in [5.41, 5.74) is 3.78. The van der Waals surface area contributed by atoms with Crippen molar-refractivity contribution in [2.24, 2.45) is 0 Å². The summed E-state index contributed by atoms with van der Waals surface area (Å²) in [5.74, 6) is 0.942. The van der Waals surface area contributed by atoms with Crippen LogP contribution in [0.4, 0.5) is 5.69 Å². The quantitative estimate of drug-likeness (QED) is 0.631. The smallest absolute Gasteiger partial charge is 0.234 e. The van der Waals surface area contributed by atoms with Gasteiger partial charge in [-0.2, -0.15) is 5.10 Å². The third-order valence-electron chi connectivity index (χ3n) is 4.30. The van der Waals surface area contributed by atoms with Crippen molar-refractivity contribution >= 4 is 23.4 Å². The molecule has 8 heteroatoms. The molecule has 1 amide bonds. The summed E-state index contributed by atoms with van der Waals surface area (Å²) in [6, 6.07) is 7.90. The second kappa shape index (κ2) is 8.39. The van der Waals surface area contributed by atoms with E-state index in [-0.39, 0.29) is 11.7 Å². The number of hydrogen-bond acceptors (Lipinski definition) is 5. The molecule has 0 aliphatic rings. The number of anilines is 1. The summed E-state index contributed by atoms with van der Waals surface area (Å²) in [6.45, 7) is 9.57. The summed E-state index contributed by atoms with van der Waals surface area (Å²) in [6.07, 6.45) is 1.93. The number of aromatic nitrogens is 5. The fourth-order valence-electron chi connectivity index (χ4n) is 2.84. The van der Waals surface area contributed by atoms with Crippen molar-refractivity contribution in [3.63, 3.8) is 0 Å². The first-order chi connectivity index (χ1) is 13.0. The van der Waals surface area contributed by atoms with Gasteiger partial charge in [-0.25, -0.2) is 0 Å². The van der Waals surface area contributed by atoms with E-state index in [1.165, 1.54) is 11.8 Å². The highest BCUT2D eigenvalue weighted by atomic mass is 32.2. The molecule has 2 heterocycles. The van der Waals surface area contributed by atoms with Crippen LogP contribution in [0.15, 0.2) is 35.6 Å². The molecule has 2 aromatic heterocycles. The zero-order valence-corrected chi connectivity index (χ0v) is 16.9. The Balaban J connectivity index is 1.70. The molecule has 0 unspecified atom stereocenters. The number of nitrogens with zero attached hydrogens (tertiary/aromatic N) is 5. The predicted molar refractivity (Wildman–Crippen MR) is 108 cm³/mol. The molecule has 0 radical (unpaired) electrons. The first-order valence-electron chi connectivity index (χ1n) is 8.99. The highest BCUT2D eigenvalue weighted by Gasteiger charge is 2.17. The highest BCUT2D eigenvalue weighted by molar-refractivity contribution is 7.99. The average molecular weight is 385 g/mol. The molecule has 0 spiro atoms. The largest absolute Gasteiger partial charge is 0.325 e.